The summed E-state index contributed by atoms with van der Waals surface area (Å²) in [5, 5.41) is 9.76. The lowest BCUT2D eigenvalue weighted by atomic mass is 9.94. The molecule has 1 aliphatic heterocycles. The quantitative estimate of drug-likeness (QED) is 0.349. The van der Waals surface area contributed by atoms with Crippen molar-refractivity contribution < 1.29 is 13.3 Å². The molecule has 0 radical (unpaired) electrons. The highest BCUT2D eigenvalue weighted by Gasteiger charge is 2.35. The van der Waals surface area contributed by atoms with Crippen molar-refractivity contribution in [2.45, 2.75) is 19.9 Å². The summed E-state index contributed by atoms with van der Waals surface area (Å²) in [6.45, 7) is 3.86. The molecule has 0 saturated heterocycles. The number of nitrogens with one attached hydrogen (secondary N) is 1. The highest BCUT2D eigenvalue weighted by molar-refractivity contribution is 7.80. The number of halogens is 2. The Labute approximate surface area is 198 Å². The maximum atomic E-state index is 14.0. The predicted octanol–water partition coefficient (Wildman–Crippen LogP) is 6.25. The van der Waals surface area contributed by atoms with E-state index in [4.69, 9.17) is 16.7 Å². The van der Waals surface area contributed by atoms with Crippen LogP contribution >= 0.6 is 23.6 Å². The van der Waals surface area contributed by atoms with Crippen molar-refractivity contribution in [1.29, 1.82) is 0 Å². The van der Waals surface area contributed by atoms with Crippen LogP contribution in [0.15, 0.2) is 70.2 Å². The molecule has 33 heavy (non-hydrogen) atoms. The second-order valence-electron chi connectivity index (χ2n) is 7.63. The van der Waals surface area contributed by atoms with Gasteiger partial charge in [0.05, 0.1) is 22.2 Å². The maximum Gasteiger partial charge on any atom is 0.258 e. The van der Waals surface area contributed by atoms with Gasteiger partial charge in [-0.05, 0) is 55.2 Å². The molecular formula is C24H18F2N4OS2. The number of thiocarbonyl (C=S) groups is 1. The summed E-state index contributed by atoms with van der Waals surface area (Å²) in [5.41, 5.74) is 3.85. The highest BCUT2D eigenvalue weighted by Crippen LogP contribution is 2.39. The molecule has 3 heterocycles. The van der Waals surface area contributed by atoms with Gasteiger partial charge in [-0.15, -0.1) is 11.3 Å². The first-order valence-electron chi connectivity index (χ1n) is 10.1. The lowest BCUT2D eigenvalue weighted by molar-refractivity contribution is 0.404. The molecule has 0 fully saturated rings. The van der Waals surface area contributed by atoms with Crippen LogP contribution in [-0.2, 0) is 0 Å². The fourth-order valence-electron chi connectivity index (χ4n) is 3.80. The van der Waals surface area contributed by atoms with Gasteiger partial charge in [0.15, 0.2) is 16.7 Å². The smallest absolute Gasteiger partial charge is 0.258 e. The van der Waals surface area contributed by atoms with E-state index in [-0.39, 0.29) is 6.04 Å². The number of allylic oxidation sites excluding steroid dienone is 1. The molecule has 0 amide bonds. The lowest BCUT2D eigenvalue weighted by Gasteiger charge is -2.37. The van der Waals surface area contributed by atoms with Gasteiger partial charge in [0.2, 0.25) is 5.82 Å². The van der Waals surface area contributed by atoms with Crippen LogP contribution in [0.25, 0.3) is 16.3 Å². The van der Waals surface area contributed by atoms with Crippen molar-refractivity contribution in [1.82, 2.24) is 15.5 Å². The van der Waals surface area contributed by atoms with Crippen LogP contribution in [0.5, 0.6) is 0 Å². The SMILES string of the molecule is CC1=C(c2nc(-c3cccs3)no2)C(c2ccc(C)cc2)NC(=S)N1c1ccc(F)c(F)c1. The zero-order valence-corrected chi connectivity index (χ0v) is 19.3. The molecule has 1 N–H and O–H groups in total. The molecule has 5 rings (SSSR count). The summed E-state index contributed by atoms with van der Waals surface area (Å²) in [4.78, 5) is 7.16. The first kappa shape index (κ1) is 21.4. The second kappa shape index (κ2) is 8.49. The van der Waals surface area contributed by atoms with E-state index in [2.05, 4.69) is 15.5 Å². The molecule has 1 atom stereocenters. The second-order valence-corrected chi connectivity index (χ2v) is 8.96. The van der Waals surface area contributed by atoms with Crippen LogP contribution in [0.4, 0.5) is 14.5 Å². The van der Waals surface area contributed by atoms with Gasteiger partial charge in [-0.2, -0.15) is 4.98 Å². The number of nitrogens with zero attached hydrogens (tertiary/aromatic N) is 3. The summed E-state index contributed by atoms with van der Waals surface area (Å²) in [5.74, 6) is -1.07. The van der Waals surface area contributed by atoms with Crippen molar-refractivity contribution in [2.75, 3.05) is 4.90 Å². The zero-order chi connectivity index (χ0) is 23.1. The highest BCUT2D eigenvalue weighted by atomic mass is 32.1. The minimum absolute atomic E-state index is 0.323. The Morgan fingerprint density at radius 3 is 2.55 bits per heavy atom. The number of aromatic nitrogens is 2. The fraction of sp³-hybridized carbons (Fsp3) is 0.125. The average molecular weight is 481 g/mol. The molecule has 2 aromatic carbocycles. The standard InChI is InChI=1S/C24H18F2N4OS2/c1-13-5-7-15(8-6-13)21-20(23-28-22(29-31-23)19-4-3-11-33-19)14(2)30(24(32)27-21)16-9-10-17(25)18(26)12-16/h3-12,21H,1-2H3,(H,27,32). The summed E-state index contributed by atoms with van der Waals surface area (Å²) in [6, 6.07) is 15.2. The van der Waals surface area contributed by atoms with Crippen LogP contribution in [0.1, 0.15) is 30.0 Å². The molecule has 0 aliphatic carbocycles. The Morgan fingerprint density at radius 1 is 1.06 bits per heavy atom. The molecule has 5 nitrogen and oxygen atoms in total. The molecule has 4 aromatic rings. The Kier molecular flexibility index (Phi) is 5.51. The Balaban J connectivity index is 1.67. The molecular weight excluding hydrogens is 462 g/mol. The van der Waals surface area contributed by atoms with E-state index in [1.807, 2.05) is 55.6 Å². The van der Waals surface area contributed by atoms with Gasteiger partial charge in [0.25, 0.3) is 5.89 Å². The van der Waals surface area contributed by atoms with Crippen LogP contribution in [0.2, 0.25) is 0 Å². The Morgan fingerprint density at radius 2 is 1.85 bits per heavy atom. The number of aryl methyl sites for hydroxylation is 1. The lowest BCUT2D eigenvalue weighted by Crippen LogP contribution is -2.46. The third kappa shape index (κ3) is 3.94. The third-order valence-electron chi connectivity index (χ3n) is 5.45. The molecule has 1 aliphatic rings. The Hall–Kier alpha value is -3.43. The number of hydrogen-bond acceptors (Lipinski definition) is 5. The van der Waals surface area contributed by atoms with E-state index < -0.39 is 11.6 Å². The van der Waals surface area contributed by atoms with Gasteiger partial charge < -0.3 is 9.84 Å². The average Bonchev–Trinajstić information content (AvgIpc) is 3.48. The van der Waals surface area contributed by atoms with Crippen molar-refractivity contribution >= 4 is 39.9 Å². The largest absolute Gasteiger partial charge is 0.351 e. The molecule has 9 heteroatoms. The van der Waals surface area contributed by atoms with Gasteiger partial charge in [-0.1, -0.05) is 41.1 Å². The van der Waals surface area contributed by atoms with E-state index in [1.165, 1.54) is 17.4 Å². The topological polar surface area (TPSA) is 54.2 Å². The van der Waals surface area contributed by atoms with Gasteiger partial charge >= 0.3 is 0 Å². The fourth-order valence-corrected chi connectivity index (χ4v) is 4.81. The predicted molar refractivity (Wildman–Crippen MR) is 129 cm³/mol. The van der Waals surface area contributed by atoms with Crippen molar-refractivity contribution in [3.05, 3.63) is 94.3 Å². The van der Waals surface area contributed by atoms with Crippen LogP contribution in [-0.4, -0.2) is 15.3 Å². The third-order valence-corrected chi connectivity index (χ3v) is 6.62. The maximum absolute atomic E-state index is 14.0. The van der Waals surface area contributed by atoms with Gasteiger partial charge in [-0.3, -0.25) is 4.90 Å². The van der Waals surface area contributed by atoms with Crippen LogP contribution in [0.3, 0.4) is 0 Å². The summed E-state index contributed by atoms with van der Waals surface area (Å²) < 4.78 is 33.3. The molecule has 0 spiro atoms. The monoisotopic (exact) mass is 480 g/mol. The minimum atomic E-state index is -0.955. The summed E-state index contributed by atoms with van der Waals surface area (Å²) in [6.07, 6.45) is 0. The minimum Gasteiger partial charge on any atom is -0.351 e. The van der Waals surface area contributed by atoms with Crippen molar-refractivity contribution in [2.24, 2.45) is 0 Å². The number of anilines is 1. The van der Waals surface area contributed by atoms with Crippen LogP contribution < -0.4 is 10.2 Å². The molecule has 0 bridgehead atoms. The first-order chi connectivity index (χ1) is 15.9. The van der Waals surface area contributed by atoms with Gasteiger partial charge in [0, 0.05) is 11.8 Å². The normalized spacial score (nSPS) is 16.3. The zero-order valence-electron chi connectivity index (χ0n) is 17.7. The first-order valence-corrected chi connectivity index (χ1v) is 11.4. The molecule has 2 aromatic heterocycles. The number of hydrogen-bond donors (Lipinski definition) is 1. The Bertz CT molecular complexity index is 1360. The van der Waals surface area contributed by atoms with Gasteiger partial charge in [0.1, 0.15) is 0 Å². The van der Waals surface area contributed by atoms with Gasteiger partial charge in [-0.25, -0.2) is 8.78 Å². The van der Waals surface area contributed by atoms with E-state index in [0.29, 0.717) is 33.8 Å². The molecule has 1 unspecified atom stereocenters. The van der Waals surface area contributed by atoms with Crippen molar-refractivity contribution in [3.63, 3.8) is 0 Å². The number of benzene rings is 2. The van der Waals surface area contributed by atoms with E-state index in [0.717, 1.165) is 28.1 Å². The van der Waals surface area contributed by atoms with E-state index in [9.17, 15) is 8.78 Å². The van der Waals surface area contributed by atoms with E-state index in [1.54, 1.807) is 4.90 Å². The number of thiophene rings is 1. The van der Waals surface area contributed by atoms with E-state index >= 15 is 0 Å². The summed E-state index contributed by atoms with van der Waals surface area (Å²) >= 11 is 7.15. The summed E-state index contributed by atoms with van der Waals surface area (Å²) in [7, 11) is 0. The molecule has 0 saturated carbocycles. The van der Waals surface area contributed by atoms with Crippen LogP contribution in [0, 0.1) is 18.6 Å². The number of rotatable bonds is 4. The van der Waals surface area contributed by atoms with Crippen molar-refractivity contribution in [3.8, 4) is 10.7 Å². The molecule has 166 valence electrons.